The predicted octanol–water partition coefficient (Wildman–Crippen LogP) is 2.42. The van der Waals surface area contributed by atoms with Crippen LogP contribution < -0.4 is 10.5 Å². The van der Waals surface area contributed by atoms with E-state index in [9.17, 15) is 5.11 Å². The molecule has 108 valence electrons. The minimum Gasteiger partial charge on any atom is -0.497 e. The number of anilines is 1. The lowest BCUT2D eigenvalue weighted by Gasteiger charge is -2.12. The Morgan fingerprint density at radius 1 is 1.24 bits per heavy atom. The zero-order valence-corrected chi connectivity index (χ0v) is 12.0. The van der Waals surface area contributed by atoms with Crippen LogP contribution in [0, 0.1) is 6.92 Å². The lowest BCUT2D eigenvalue weighted by molar-refractivity contribution is 0.270. The summed E-state index contributed by atoms with van der Waals surface area (Å²) in [6.07, 6.45) is 0. The highest BCUT2D eigenvalue weighted by Gasteiger charge is 2.14. The van der Waals surface area contributed by atoms with Crippen molar-refractivity contribution in [1.82, 2.24) is 9.55 Å². The number of aryl methyl sites for hydroxylation is 1. The highest BCUT2D eigenvalue weighted by molar-refractivity contribution is 5.81. The van der Waals surface area contributed by atoms with Crippen molar-refractivity contribution in [3.63, 3.8) is 0 Å². The lowest BCUT2D eigenvalue weighted by Crippen LogP contribution is -2.03. The van der Waals surface area contributed by atoms with E-state index in [-0.39, 0.29) is 6.61 Å². The van der Waals surface area contributed by atoms with Gasteiger partial charge in [0.1, 0.15) is 18.2 Å². The van der Waals surface area contributed by atoms with Crippen LogP contribution in [0.15, 0.2) is 36.4 Å². The number of nitrogen functional groups attached to an aromatic ring is 1. The second kappa shape index (κ2) is 5.10. The second-order valence-electron chi connectivity index (χ2n) is 4.92. The van der Waals surface area contributed by atoms with Crippen LogP contribution in [0.1, 0.15) is 11.4 Å². The number of benzene rings is 2. The summed E-state index contributed by atoms with van der Waals surface area (Å²) in [4.78, 5) is 4.45. The lowest BCUT2D eigenvalue weighted by atomic mass is 10.1. The molecule has 0 saturated heterocycles. The monoisotopic (exact) mass is 283 g/mol. The molecular formula is C16H17N3O2. The van der Waals surface area contributed by atoms with E-state index < -0.39 is 0 Å². The molecule has 5 heteroatoms. The number of hydrogen-bond donors (Lipinski definition) is 2. The number of ether oxygens (including phenoxy) is 1. The molecule has 5 nitrogen and oxygen atoms in total. The van der Waals surface area contributed by atoms with Gasteiger partial charge in [-0.1, -0.05) is 0 Å². The van der Waals surface area contributed by atoms with Crippen LogP contribution in [0.2, 0.25) is 0 Å². The number of aliphatic hydroxyl groups is 1. The zero-order chi connectivity index (χ0) is 15.0. The molecule has 0 unspecified atom stereocenters. The van der Waals surface area contributed by atoms with E-state index in [2.05, 4.69) is 4.98 Å². The number of methoxy groups -OCH3 is 1. The third kappa shape index (κ3) is 2.21. The van der Waals surface area contributed by atoms with Crippen molar-refractivity contribution in [3.8, 4) is 11.4 Å². The van der Waals surface area contributed by atoms with Crippen molar-refractivity contribution < 1.29 is 9.84 Å². The van der Waals surface area contributed by atoms with E-state index in [1.165, 1.54) is 0 Å². The maximum Gasteiger partial charge on any atom is 0.140 e. The fourth-order valence-corrected chi connectivity index (χ4v) is 2.53. The van der Waals surface area contributed by atoms with Gasteiger partial charge < -0.3 is 15.6 Å². The quantitative estimate of drug-likeness (QED) is 0.724. The Hall–Kier alpha value is -2.53. The summed E-state index contributed by atoms with van der Waals surface area (Å²) in [5.74, 6) is 1.39. The molecule has 2 aromatic carbocycles. The Labute approximate surface area is 122 Å². The Morgan fingerprint density at radius 3 is 2.71 bits per heavy atom. The van der Waals surface area contributed by atoms with E-state index in [4.69, 9.17) is 10.5 Å². The number of aliphatic hydroxyl groups excluding tert-OH is 1. The van der Waals surface area contributed by atoms with E-state index in [0.29, 0.717) is 11.5 Å². The average Bonchev–Trinajstić information content (AvgIpc) is 2.84. The van der Waals surface area contributed by atoms with Crippen molar-refractivity contribution >= 4 is 16.7 Å². The number of nitrogens with zero attached hydrogens (tertiary/aromatic N) is 2. The van der Waals surface area contributed by atoms with E-state index in [1.54, 1.807) is 7.11 Å². The summed E-state index contributed by atoms with van der Waals surface area (Å²) in [6, 6.07) is 11.4. The summed E-state index contributed by atoms with van der Waals surface area (Å²) < 4.78 is 7.18. The van der Waals surface area contributed by atoms with Gasteiger partial charge in [-0.3, -0.25) is 4.57 Å². The van der Waals surface area contributed by atoms with E-state index >= 15 is 0 Å². The van der Waals surface area contributed by atoms with Crippen LogP contribution in [0.25, 0.3) is 16.7 Å². The van der Waals surface area contributed by atoms with Crippen LogP contribution in [0.4, 0.5) is 5.69 Å². The summed E-state index contributed by atoms with van der Waals surface area (Å²) in [7, 11) is 1.64. The Kier molecular flexibility index (Phi) is 3.27. The van der Waals surface area contributed by atoms with E-state index in [0.717, 1.165) is 28.0 Å². The standard InChI is InChI=1S/C16H17N3O2/c1-10-7-12(21-2)4-6-14(10)19-15-5-3-11(17)8-13(15)18-16(19)9-20/h3-8,20H,9,17H2,1-2H3. The van der Waals surface area contributed by atoms with Crippen molar-refractivity contribution in [2.24, 2.45) is 0 Å². The normalized spacial score (nSPS) is 11.0. The van der Waals surface area contributed by atoms with Crippen molar-refractivity contribution in [1.29, 1.82) is 0 Å². The molecular weight excluding hydrogens is 266 g/mol. The molecule has 0 bridgehead atoms. The first-order chi connectivity index (χ1) is 10.1. The second-order valence-corrected chi connectivity index (χ2v) is 4.92. The predicted molar refractivity (Wildman–Crippen MR) is 82.7 cm³/mol. The van der Waals surface area contributed by atoms with Gasteiger partial charge in [-0.25, -0.2) is 4.98 Å². The Bertz CT molecular complexity index is 809. The molecule has 0 aliphatic rings. The van der Waals surface area contributed by atoms with Gasteiger partial charge in [0, 0.05) is 5.69 Å². The third-order valence-corrected chi connectivity index (χ3v) is 3.53. The van der Waals surface area contributed by atoms with Crippen LogP contribution in [-0.2, 0) is 6.61 Å². The van der Waals surface area contributed by atoms with Crippen LogP contribution >= 0.6 is 0 Å². The first-order valence-corrected chi connectivity index (χ1v) is 6.66. The molecule has 0 aliphatic heterocycles. The summed E-state index contributed by atoms with van der Waals surface area (Å²) >= 11 is 0. The highest BCUT2D eigenvalue weighted by Crippen LogP contribution is 2.27. The summed E-state index contributed by atoms with van der Waals surface area (Å²) in [6.45, 7) is 1.86. The van der Waals surface area contributed by atoms with Crippen molar-refractivity contribution in [2.45, 2.75) is 13.5 Å². The maximum atomic E-state index is 9.60. The van der Waals surface area contributed by atoms with Crippen LogP contribution in [-0.4, -0.2) is 21.8 Å². The topological polar surface area (TPSA) is 73.3 Å². The zero-order valence-electron chi connectivity index (χ0n) is 12.0. The maximum absolute atomic E-state index is 9.60. The molecule has 0 atom stereocenters. The van der Waals surface area contributed by atoms with Crippen molar-refractivity contribution in [2.75, 3.05) is 12.8 Å². The number of rotatable bonds is 3. The molecule has 0 radical (unpaired) electrons. The number of fused-ring (bicyclic) bond motifs is 1. The summed E-state index contributed by atoms with van der Waals surface area (Å²) in [5.41, 5.74) is 10.2. The molecule has 0 amide bonds. The molecule has 3 N–H and O–H groups in total. The Morgan fingerprint density at radius 2 is 2.05 bits per heavy atom. The summed E-state index contributed by atoms with van der Waals surface area (Å²) in [5, 5.41) is 9.60. The number of nitrogens with two attached hydrogens (primary N) is 1. The first kappa shape index (κ1) is 13.5. The molecule has 0 saturated carbocycles. The molecule has 1 heterocycles. The molecule has 0 spiro atoms. The molecule has 3 rings (SSSR count). The van der Waals surface area contributed by atoms with Crippen LogP contribution in [0.5, 0.6) is 5.75 Å². The van der Waals surface area contributed by atoms with Gasteiger partial charge in [0.05, 0.1) is 23.8 Å². The fourth-order valence-electron chi connectivity index (χ4n) is 2.53. The average molecular weight is 283 g/mol. The molecule has 21 heavy (non-hydrogen) atoms. The molecule has 0 fully saturated rings. The minimum atomic E-state index is -0.139. The number of aromatic nitrogens is 2. The SMILES string of the molecule is COc1ccc(-n2c(CO)nc3cc(N)ccc32)c(C)c1. The van der Waals surface area contributed by atoms with Gasteiger partial charge in [-0.2, -0.15) is 0 Å². The van der Waals surface area contributed by atoms with Gasteiger partial charge in [0.25, 0.3) is 0 Å². The fraction of sp³-hybridized carbons (Fsp3) is 0.188. The van der Waals surface area contributed by atoms with Gasteiger partial charge in [0.2, 0.25) is 0 Å². The molecule has 0 aliphatic carbocycles. The Balaban J connectivity index is 2.28. The van der Waals surface area contributed by atoms with Crippen molar-refractivity contribution in [3.05, 3.63) is 47.8 Å². The number of imidazole rings is 1. The van der Waals surface area contributed by atoms with E-state index in [1.807, 2.05) is 47.9 Å². The largest absolute Gasteiger partial charge is 0.497 e. The van der Waals surface area contributed by atoms with Gasteiger partial charge in [-0.05, 0) is 48.9 Å². The first-order valence-electron chi connectivity index (χ1n) is 6.66. The third-order valence-electron chi connectivity index (χ3n) is 3.53. The highest BCUT2D eigenvalue weighted by atomic mass is 16.5. The van der Waals surface area contributed by atoms with Crippen LogP contribution in [0.3, 0.4) is 0 Å². The minimum absolute atomic E-state index is 0.139. The van der Waals surface area contributed by atoms with Gasteiger partial charge in [-0.15, -0.1) is 0 Å². The van der Waals surface area contributed by atoms with Gasteiger partial charge >= 0.3 is 0 Å². The van der Waals surface area contributed by atoms with Gasteiger partial charge in [0.15, 0.2) is 0 Å². The number of hydrogen-bond acceptors (Lipinski definition) is 4. The smallest absolute Gasteiger partial charge is 0.140 e. The molecule has 1 aromatic heterocycles. The molecule has 3 aromatic rings.